The highest BCUT2D eigenvalue weighted by atomic mass is 16.2. The van der Waals surface area contributed by atoms with Crippen molar-refractivity contribution in [3.63, 3.8) is 0 Å². The van der Waals surface area contributed by atoms with Crippen molar-refractivity contribution in [1.82, 2.24) is 9.88 Å². The van der Waals surface area contributed by atoms with Crippen LogP contribution in [-0.4, -0.2) is 28.0 Å². The van der Waals surface area contributed by atoms with E-state index < -0.39 is 5.54 Å². The summed E-state index contributed by atoms with van der Waals surface area (Å²) in [5, 5.41) is 4.35. The molecule has 0 saturated heterocycles. The van der Waals surface area contributed by atoms with E-state index in [1.807, 2.05) is 73.0 Å². The molecule has 5 heteroatoms. The van der Waals surface area contributed by atoms with Gasteiger partial charge in [-0.2, -0.15) is 0 Å². The molecule has 1 aliphatic heterocycles. The van der Waals surface area contributed by atoms with Crippen molar-refractivity contribution in [2.45, 2.75) is 70.5 Å². The second-order valence-corrected chi connectivity index (χ2v) is 9.59. The zero-order valence-corrected chi connectivity index (χ0v) is 18.9. The van der Waals surface area contributed by atoms with Gasteiger partial charge in [-0.3, -0.25) is 14.5 Å². The second-order valence-electron chi connectivity index (χ2n) is 9.59. The van der Waals surface area contributed by atoms with Crippen molar-refractivity contribution < 1.29 is 9.59 Å². The van der Waals surface area contributed by atoms with Crippen LogP contribution in [0.1, 0.15) is 61.5 Å². The van der Waals surface area contributed by atoms with Crippen molar-refractivity contribution in [3.05, 3.63) is 65.9 Å². The van der Waals surface area contributed by atoms with E-state index in [1.54, 1.807) is 4.90 Å². The van der Waals surface area contributed by atoms with Crippen LogP contribution in [0.2, 0.25) is 0 Å². The number of anilines is 1. The van der Waals surface area contributed by atoms with Crippen molar-refractivity contribution in [1.29, 1.82) is 0 Å². The quantitative estimate of drug-likeness (QED) is 0.581. The first-order chi connectivity index (χ1) is 15.5. The maximum absolute atomic E-state index is 13.9. The van der Waals surface area contributed by atoms with Gasteiger partial charge in [0.15, 0.2) is 0 Å². The summed E-state index contributed by atoms with van der Waals surface area (Å²) in [7, 11) is 0. The van der Waals surface area contributed by atoms with E-state index >= 15 is 0 Å². The van der Waals surface area contributed by atoms with E-state index in [-0.39, 0.29) is 17.9 Å². The Balaban J connectivity index is 1.59. The Bertz CT molecular complexity index is 1160. The lowest BCUT2D eigenvalue weighted by molar-refractivity contribution is -0.127. The molecule has 2 aliphatic rings. The van der Waals surface area contributed by atoms with Crippen LogP contribution in [0.15, 0.2) is 54.6 Å². The molecule has 32 heavy (non-hydrogen) atoms. The number of para-hydroxylation sites is 1. The summed E-state index contributed by atoms with van der Waals surface area (Å²) >= 11 is 0. The molecule has 0 radical (unpaired) electrons. The first-order valence-electron chi connectivity index (χ1n) is 11.8. The van der Waals surface area contributed by atoms with Crippen LogP contribution in [0.4, 0.5) is 5.69 Å². The van der Waals surface area contributed by atoms with Gasteiger partial charge in [0, 0.05) is 22.6 Å². The van der Waals surface area contributed by atoms with Crippen LogP contribution >= 0.6 is 0 Å². The Hall–Kier alpha value is -3.08. The summed E-state index contributed by atoms with van der Waals surface area (Å²) in [6.07, 6.45) is 6.78. The van der Waals surface area contributed by atoms with Crippen molar-refractivity contribution in [2.24, 2.45) is 0 Å². The number of hydrogen-bond acceptors (Lipinski definition) is 2. The van der Waals surface area contributed by atoms with Crippen LogP contribution in [0.5, 0.6) is 0 Å². The second kappa shape index (κ2) is 8.12. The maximum Gasteiger partial charge on any atom is 0.275 e. The number of aryl methyl sites for hydroxylation is 1. The Morgan fingerprint density at radius 2 is 1.69 bits per heavy atom. The minimum Gasteiger partial charge on any atom is -0.351 e. The summed E-state index contributed by atoms with van der Waals surface area (Å²) in [6, 6.07) is 18.0. The van der Waals surface area contributed by atoms with Crippen LogP contribution in [0.25, 0.3) is 10.9 Å². The molecule has 1 N–H and O–H groups in total. The Labute approximate surface area is 189 Å². The molecule has 3 aromatic rings. The third-order valence-electron chi connectivity index (χ3n) is 7.16. The van der Waals surface area contributed by atoms with Gasteiger partial charge >= 0.3 is 0 Å². The molecule has 5 rings (SSSR count). The lowest BCUT2D eigenvalue weighted by Gasteiger charge is -2.44. The number of hydrogen-bond donors (Lipinski definition) is 1. The molecule has 1 saturated carbocycles. The number of amides is 2. The topological polar surface area (TPSA) is 54.3 Å². The molecule has 5 nitrogen and oxygen atoms in total. The summed E-state index contributed by atoms with van der Waals surface area (Å²) < 4.78 is 2.02. The van der Waals surface area contributed by atoms with Gasteiger partial charge in [0.1, 0.15) is 11.2 Å². The summed E-state index contributed by atoms with van der Waals surface area (Å²) in [6.45, 7) is 4.36. The van der Waals surface area contributed by atoms with Crippen LogP contribution in [-0.2, 0) is 11.3 Å². The summed E-state index contributed by atoms with van der Waals surface area (Å²) in [5.74, 6) is -0.198. The number of rotatable bonds is 3. The smallest absolute Gasteiger partial charge is 0.275 e. The lowest BCUT2D eigenvalue weighted by atomic mass is 9.92. The predicted octanol–water partition coefficient (Wildman–Crippen LogP) is 5.21. The molecule has 0 spiro atoms. The van der Waals surface area contributed by atoms with Gasteiger partial charge < -0.3 is 9.88 Å². The monoisotopic (exact) mass is 429 g/mol. The molecular formula is C27H31N3O2. The van der Waals surface area contributed by atoms with Gasteiger partial charge in [0.05, 0.1) is 6.54 Å². The van der Waals surface area contributed by atoms with Crippen LogP contribution in [0, 0.1) is 6.92 Å². The van der Waals surface area contributed by atoms with E-state index in [2.05, 4.69) is 5.32 Å². The Morgan fingerprint density at radius 3 is 2.41 bits per heavy atom. The predicted molar refractivity (Wildman–Crippen MR) is 128 cm³/mol. The van der Waals surface area contributed by atoms with E-state index in [0.717, 1.165) is 47.8 Å². The molecule has 1 aromatic heterocycles. The highest BCUT2D eigenvalue weighted by Crippen LogP contribution is 2.36. The number of nitrogens with zero attached hydrogens (tertiary/aromatic N) is 2. The maximum atomic E-state index is 13.9. The molecule has 2 aromatic carbocycles. The minimum atomic E-state index is -1.02. The minimum absolute atomic E-state index is 0.0678. The molecule has 1 aliphatic carbocycles. The van der Waals surface area contributed by atoms with Gasteiger partial charge in [0.25, 0.3) is 5.91 Å². The largest absolute Gasteiger partial charge is 0.351 e. The highest BCUT2D eigenvalue weighted by molar-refractivity contribution is 6.14. The SMILES string of the molecule is Cc1ccc(N2C(=O)c3cc4ccccc4n3C[C@@]2(C)C(=O)NC2CCCCCC2)cc1. The van der Waals surface area contributed by atoms with Gasteiger partial charge in [-0.05, 0) is 51.0 Å². The third-order valence-corrected chi connectivity index (χ3v) is 7.16. The summed E-state index contributed by atoms with van der Waals surface area (Å²) in [5.41, 5.74) is 2.49. The van der Waals surface area contributed by atoms with Gasteiger partial charge in [-0.1, -0.05) is 61.6 Å². The normalized spacial score (nSPS) is 21.9. The average Bonchev–Trinajstić information content (AvgIpc) is 2.96. The van der Waals surface area contributed by atoms with Crippen molar-refractivity contribution >= 4 is 28.4 Å². The lowest BCUT2D eigenvalue weighted by Crippen LogP contribution is -2.65. The molecule has 0 unspecified atom stereocenters. The molecule has 1 atom stereocenters. The zero-order chi connectivity index (χ0) is 22.3. The number of benzene rings is 2. The standard InChI is InChI=1S/C27H31N3O2/c1-19-13-15-22(16-14-19)30-25(31)24-17-20-9-7-8-12-23(20)29(24)18-27(30,2)26(32)28-21-10-5-3-4-6-11-21/h7-9,12-17,21H,3-6,10-11,18H2,1-2H3,(H,28,32)/t27-/m0/s1. The summed E-state index contributed by atoms with van der Waals surface area (Å²) in [4.78, 5) is 29.4. The molecule has 1 fully saturated rings. The van der Waals surface area contributed by atoms with Gasteiger partial charge in [0.2, 0.25) is 5.91 Å². The molecular weight excluding hydrogens is 398 g/mol. The van der Waals surface area contributed by atoms with E-state index in [0.29, 0.717) is 12.2 Å². The van der Waals surface area contributed by atoms with Gasteiger partial charge in [-0.25, -0.2) is 0 Å². The van der Waals surface area contributed by atoms with E-state index in [1.165, 1.54) is 12.8 Å². The van der Waals surface area contributed by atoms with Crippen molar-refractivity contribution in [3.8, 4) is 0 Å². The number of carbonyl (C=O) groups excluding carboxylic acids is 2. The molecule has 2 amide bonds. The van der Waals surface area contributed by atoms with Gasteiger partial charge in [-0.15, -0.1) is 0 Å². The number of nitrogens with one attached hydrogen (secondary N) is 1. The zero-order valence-electron chi connectivity index (χ0n) is 18.9. The highest BCUT2D eigenvalue weighted by Gasteiger charge is 2.49. The number of fused-ring (bicyclic) bond motifs is 3. The van der Waals surface area contributed by atoms with Crippen LogP contribution in [0.3, 0.4) is 0 Å². The van der Waals surface area contributed by atoms with Crippen molar-refractivity contribution in [2.75, 3.05) is 4.90 Å². The third kappa shape index (κ3) is 3.50. The fraction of sp³-hybridized carbons (Fsp3) is 0.407. The molecule has 166 valence electrons. The Kier molecular flexibility index (Phi) is 5.28. The average molecular weight is 430 g/mol. The number of carbonyl (C=O) groups is 2. The fourth-order valence-electron chi connectivity index (χ4n) is 5.31. The first kappa shape index (κ1) is 20.8. The Morgan fingerprint density at radius 1 is 1.00 bits per heavy atom. The van der Waals surface area contributed by atoms with E-state index in [4.69, 9.17) is 0 Å². The molecule has 0 bridgehead atoms. The fourth-order valence-corrected chi connectivity index (χ4v) is 5.31. The van der Waals surface area contributed by atoms with Crippen LogP contribution < -0.4 is 10.2 Å². The molecule has 2 heterocycles. The first-order valence-corrected chi connectivity index (χ1v) is 11.8. The number of aromatic nitrogens is 1. The van der Waals surface area contributed by atoms with E-state index in [9.17, 15) is 9.59 Å².